The molecule has 0 unspecified atom stereocenters. The number of hydrogen-bond acceptors (Lipinski definition) is 7. The van der Waals surface area contributed by atoms with Crippen LogP contribution in [0, 0.1) is 0 Å². The minimum absolute atomic E-state index is 0.105. The van der Waals surface area contributed by atoms with Gasteiger partial charge in [0.25, 0.3) is 10.0 Å². The van der Waals surface area contributed by atoms with E-state index >= 15 is 0 Å². The number of nitrogens with zero attached hydrogens (tertiary/aromatic N) is 3. The molecular formula is C22H22N4O5S. The fraction of sp³-hybridized carbons (Fsp3) is 0.182. The van der Waals surface area contributed by atoms with Gasteiger partial charge < -0.3 is 14.1 Å². The molecule has 32 heavy (non-hydrogen) atoms. The predicted octanol–water partition coefficient (Wildman–Crippen LogP) is 2.87. The van der Waals surface area contributed by atoms with Crippen LogP contribution in [-0.4, -0.2) is 45.3 Å². The molecule has 0 saturated carbocycles. The van der Waals surface area contributed by atoms with E-state index in [0.717, 1.165) is 5.69 Å². The minimum Gasteiger partial charge on any atom is -0.495 e. The third kappa shape index (κ3) is 4.30. The number of carbonyl (C=O) groups is 1. The lowest BCUT2D eigenvalue weighted by Gasteiger charge is -2.12. The van der Waals surface area contributed by atoms with Gasteiger partial charge in [-0.05, 0) is 42.0 Å². The van der Waals surface area contributed by atoms with E-state index in [0.29, 0.717) is 23.1 Å². The number of fused-ring (bicyclic) bond motifs is 1. The van der Waals surface area contributed by atoms with Gasteiger partial charge in [-0.3, -0.25) is 9.48 Å². The van der Waals surface area contributed by atoms with Gasteiger partial charge in [-0.1, -0.05) is 6.07 Å². The normalized spacial score (nSPS) is 11.5. The first-order valence-electron chi connectivity index (χ1n) is 9.69. The zero-order valence-corrected chi connectivity index (χ0v) is 18.6. The lowest BCUT2D eigenvalue weighted by atomic mass is 10.2. The van der Waals surface area contributed by atoms with Crippen LogP contribution < -0.4 is 14.4 Å². The van der Waals surface area contributed by atoms with E-state index < -0.39 is 15.9 Å². The van der Waals surface area contributed by atoms with Crippen molar-refractivity contribution in [2.75, 3.05) is 26.1 Å². The molecule has 0 spiro atoms. The number of nitrogens with one attached hydrogen (secondary N) is 1. The fourth-order valence-corrected chi connectivity index (χ4v) is 4.43. The Morgan fingerprint density at radius 2 is 2.00 bits per heavy atom. The van der Waals surface area contributed by atoms with Crippen LogP contribution in [0.15, 0.2) is 70.2 Å². The highest BCUT2D eigenvalue weighted by molar-refractivity contribution is 7.90. The molecule has 0 atom stereocenters. The average Bonchev–Trinajstić information content (AvgIpc) is 3.42. The molecule has 0 aliphatic heterocycles. The maximum Gasteiger partial charge on any atom is 0.300 e. The van der Waals surface area contributed by atoms with Crippen LogP contribution in [0.2, 0.25) is 0 Å². The second-order valence-electron chi connectivity index (χ2n) is 7.35. The number of carbonyl (C=O) groups excluding carboxylic acids is 1. The molecular weight excluding hydrogens is 432 g/mol. The molecule has 1 N–H and O–H groups in total. The van der Waals surface area contributed by atoms with Crippen LogP contribution in [0.3, 0.4) is 0 Å². The fourth-order valence-electron chi connectivity index (χ4n) is 3.25. The predicted molar refractivity (Wildman–Crippen MR) is 120 cm³/mol. The smallest absolute Gasteiger partial charge is 0.300 e. The van der Waals surface area contributed by atoms with Crippen molar-refractivity contribution in [3.8, 4) is 5.75 Å². The lowest BCUT2D eigenvalue weighted by Crippen LogP contribution is -2.30. The molecule has 2 aromatic carbocycles. The summed E-state index contributed by atoms with van der Waals surface area (Å²) >= 11 is 0. The number of aromatic nitrogens is 2. The highest BCUT2D eigenvalue weighted by atomic mass is 32.2. The lowest BCUT2D eigenvalue weighted by molar-refractivity contribution is 0.0956. The van der Waals surface area contributed by atoms with E-state index in [1.807, 2.05) is 25.1 Å². The van der Waals surface area contributed by atoms with Crippen LogP contribution in [-0.2, 0) is 16.6 Å². The molecule has 0 fully saturated rings. The Morgan fingerprint density at radius 1 is 1.19 bits per heavy atom. The molecule has 0 radical (unpaired) electrons. The molecule has 10 heteroatoms. The molecule has 0 saturated heterocycles. The first-order valence-corrected chi connectivity index (χ1v) is 11.2. The summed E-state index contributed by atoms with van der Waals surface area (Å²) in [6.45, 7) is 0.366. The summed E-state index contributed by atoms with van der Waals surface area (Å²) in [7, 11) is 0.907. The maximum atomic E-state index is 13.0. The molecule has 0 aliphatic rings. The van der Waals surface area contributed by atoms with Gasteiger partial charge in [0.1, 0.15) is 16.2 Å². The van der Waals surface area contributed by atoms with Gasteiger partial charge in [-0.2, -0.15) is 5.10 Å². The Hall–Kier alpha value is -3.79. The summed E-state index contributed by atoms with van der Waals surface area (Å²) in [5.41, 5.74) is 2.06. The Morgan fingerprint density at radius 3 is 2.69 bits per heavy atom. The van der Waals surface area contributed by atoms with Gasteiger partial charge in [0.2, 0.25) is 0 Å². The zero-order chi connectivity index (χ0) is 22.9. The minimum atomic E-state index is -4.23. The average molecular weight is 455 g/mol. The van der Waals surface area contributed by atoms with Crippen molar-refractivity contribution in [2.45, 2.75) is 11.4 Å². The van der Waals surface area contributed by atoms with Crippen LogP contribution in [0.1, 0.15) is 16.1 Å². The highest BCUT2D eigenvalue weighted by Gasteiger charge is 2.25. The Kier molecular flexibility index (Phi) is 5.62. The summed E-state index contributed by atoms with van der Waals surface area (Å²) in [6, 6.07) is 13.5. The van der Waals surface area contributed by atoms with Crippen molar-refractivity contribution in [3.63, 3.8) is 0 Å². The van der Waals surface area contributed by atoms with Crippen LogP contribution in [0.5, 0.6) is 5.75 Å². The topological polar surface area (TPSA) is 107 Å². The van der Waals surface area contributed by atoms with Gasteiger partial charge in [-0.25, -0.2) is 13.1 Å². The van der Waals surface area contributed by atoms with E-state index in [-0.39, 0.29) is 16.4 Å². The maximum absolute atomic E-state index is 13.0. The summed E-state index contributed by atoms with van der Waals surface area (Å²) in [6.07, 6.45) is 3.40. The van der Waals surface area contributed by atoms with Crippen molar-refractivity contribution >= 4 is 32.6 Å². The largest absolute Gasteiger partial charge is 0.495 e. The van der Waals surface area contributed by atoms with Gasteiger partial charge >= 0.3 is 5.91 Å². The summed E-state index contributed by atoms with van der Waals surface area (Å²) in [4.78, 5) is 14.5. The van der Waals surface area contributed by atoms with Crippen molar-refractivity contribution < 1.29 is 22.4 Å². The monoisotopic (exact) mass is 454 g/mol. The first kappa shape index (κ1) is 21.4. The second kappa shape index (κ2) is 8.39. The van der Waals surface area contributed by atoms with E-state index in [1.54, 1.807) is 47.4 Å². The van der Waals surface area contributed by atoms with Gasteiger partial charge in [0.05, 0.1) is 13.7 Å². The van der Waals surface area contributed by atoms with Crippen LogP contribution in [0.4, 0.5) is 5.69 Å². The number of rotatable bonds is 7. The Labute approximate surface area is 185 Å². The molecule has 2 aromatic heterocycles. The van der Waals surface area contributed by atoms with E-state index in [4.69, 9.17) is 9.15 Å². The summed E-state index contributed by atoms with van der Waals surface area (Å²) < 4.78 is 40.6. The van der Waals surface area contributed by atoms with Crippen molar-refractivity contribution in [3.05, 3.63) is 72.2 Å². The van der Waals surface area contributed by atoms with Gasteiger partial charge in [0.15, 0.2) is 5.76 Å². The van der Waals surface area contributed by atoms with E-state index in [1.165, 1.54) is 19.2 Å². The number of ether oxygens (including phenoxy) is 1. The third-order valence-electron chi connectivity index (χ3n) is 4.89. The van der Waals surface area contributed by atoms with E-state index in [2.05, 4.69) is 9.82 Å². The third-order valence-corrected chi connectivity index (χ3v) is 6.24. The van der Waals surface area contributed by atoms with Crippen molar-refractivity contribution in [1.29, 1.82) is 0 Å². The van der Waals surface area contributed by atoms with Crippen LogP contribution in [0.25, 0.3) is 11.0 Å². The second-order valence-corrected chi connectivity index (χ2v) is 9.00. The summed E-state index contributed by atoms with van der Waals surface area (Å²) in [5, 5.41) is 4.81. The number of amides is 1. The van der Waals surface area contributed by atoms with Crippen molar-refractivity contribution in [1.82, 2.24) is 14.5 Å². The van der Waals surface area contributed by atoms with E-state index in [9.17, 15) is 13.2 Å². The first-order chi connectivity index (χ1) is 15.3. The molecule has 1 amide bonds. The zero-order valence-electron chi connectivity index (χ0n) is 17.8. The highest BCUT2D eigenvalue weighted by Crippen LogP contribution is 2.27. The van der Waals surface area contributed by atoms with Gasteiger partial charge in [-0.15, -0.1) is 0 Å². The van der Waals surface area contributed by atoms with Crippen LogP contribution >= 0.6 is 0 Å². The number of anilines is 1. The molecule has 166 valence electrons. The number of furan rings is 1. The molecule has 0 bridgehead atoms. The standard InChI is InChI=1S/C22H22N4O5S/c1-25(2)17-7-6-16-12-20(31-19(16)13-17)22(27)24-32(28,29)21-11-15(5-8-18(21)30-3)14-26-10-4-9-23-26/h4-13H,14H2,1-3H3,(H,24,27). The quantitative estimate of drug-likeness (QED) is 0.458. The Balaban J connectivity index is 1.62. The Bertz CT molecular complexity index is 1370. The SMILES string of the molecule is COc1ccc(Cn2cccn2)cc1S(=O)(=O)NC(=O)c1cc2ccc(N(C)C)cc2o1. The molecule has 2 heterocycles. The number of sulfonamides is 1. The molecule has 4 aromatic rings. The molecule has 4 rings (SSSR count). The number of hydrogen-bond donors (Lipinski definition) is 1. The number of benzene rings is 2. The van der Waals surface area contributed by atoms with Crippen molar-refractivity contribution in [2.24, 2.45) is 0 Å². The van der Waals surface area contributed by atoms with Gasteiger partial charge in [0, 0.05) is 43.6 Å². The molecule has 0 aliphatic carbocycles. The molecule has 9 nitrogen and oxygen atoms in total. The number of methoxy groups -OCH3 is 1. The summed E-state index contributed by atoms with van der Waals surface area (Å²) in [5.74, 6) is -0.854.